The second-order valence-electron chi connectivity index (χ2n) is 4.71. The Balaban J connectivity index is 1.73. The van der Waals surface area contributed by atoms with Gasteiger partial charge in [0.15, 0.2) is 0 Å². The predicted octanol–water partition coefficient (Wildman–Crippen LogP) is 4.24. The Kier molecular flexibility index (Phi) is 3.95. The first-order chi connectivity index (χ1) is 9.93. The van der Waals surface area contributed by atoms with E-state index < -0.39 is 0 Å². The molecule has 0 unspecified atom stereocenters. The summed E-state index contributed by atoms with van der Waals surface area (Å²) in [5.41, 5.74) is 3.83. The number of furan rings is 1. The van der Waals surface area contributed by atoms with Crippen LogP contribution in [0.15, 0.2) is 77.4 Å². The molecule has 0 aliphatic heterocycles. The smallest absolute Gasteiger partial charge is 0.117 e. The fourth-order valence-corrected chi connectivity index (χ4v) is 2.31. The van der Waals surface area contributed by atoms with Crippen molar-refractivity contribution in [2.45, 2.75) is 13.1 Å². The van der Waals surface area contributed by atoms with Crippen LogP contribution in [0.2, 0.25) is 0 Å². The first-order valence-corrected chi connectivity index (χ1v) is 6.80. The lowest BCUT2D eigenvalue weighted by atomic mass is 10.00. The Morgan fingerprint density at radius 2 is 1.55 bits per heavy atom. The summed E-state index contributed by atoms with van der Waals surface area (Å²) in [4.78, 5) is 0. The maximum Gasteiger partial charge on any atom is 0.117 e. The Labute approximate surface area is 119 Å². The molecular weight excluding hydrogens is 246 g/mol. The summed E-state index contributed by atoms with van der Waals surface area (Å²) in [5, 5.41) is 3.42. The number of rotatable bonds is 5. The normalized spacial score (nSPS) is 10.6. The van der Waals surface area contributed by atoms with Crippen molar-refractivity contribution in [3.05, 3.63) is 84.3 Å². The van der Waals surface area contributed by atoms with Crippen LogP contribution >= 0.6 is 0 Å². The van der Waals surface area contributed by atoms with Gasteiger partial charge in [-0.2, -0.15) is 0 Å². The highest BCUT2D eigenvalue weighted by Gasteiger charge is 2.04. The fourth-order valence-electron chi connectivity index (χ4n) is 2.31. The Bertz CT molecular complexity index is 644. The highest BCUT2D eigenvalue weighted by molar-refractivity contribution is 5.67. The number of hydrogen-bond acceptors (Lipinski definition) is 2. The van der Waals surface area contributed by atoms with Crippen molar-refractivity contribution in [1.29, 1.82) is 0 Å². The van der Waals surface area contributed by atoms with E-state index in [9.17, 15) is 0 Å². The lowest BCUT2D eigenvalue weighted by Crippen LogP contribution is -2.12. The van der Waals surface area contributed by atoms with Gasteiger partial charge in [-0.3, -0.25) is 0 Å². The third kappa shape index (κ3) is 2.98. The molecule has 0 bridgehead atoms. The van der Waals surface area contributed by atoms with Crippen LogP contribution in [0.4, 0.5) is 0 Å². The van der Waals surface area contributed by atoms with Gasteiger partial charge in [0.2, 0.25) is 0 Å². The van der Waals surface area contributed by atoms with Gasteiger partial charge < -0.3 is 9.73 Å². The van der Waals surface area contributed by atoms with Crippen molar-refractivity contribution in [1.82, 2.24) is 5.32 Å². The summed E-state index contributed by atoms with van der Waals surface area (Å²) in [5.74, 6) is 0.960. The van der Waals surface area contributed by atoms with Crippen molar-refractivity contribution < 1.29 is 4.42 Å². The van der Waals surface area contributed by atoms with Crippen molar-refractivity contribution in [2.24, 2.45) is 0 Å². The molecule has 0 aliphatic rings. The minimum atomic E-state index is 0.746. The van der Waals surface area contributed by atoms with Gasteiger partial charge in [0, 0.05) is 6.54 Å². The van der Waals surface area contributed by atoms with E-state index in [2.05, 4.69) is 53.8 Å². The second kappa shape index (κ2) is 6.22. The largest absolute Gasteiger partial charge is 0.468 e. The van der Waals surface area contributed by atoms with E-state index in [0.717, 1.165) is 18.8 Å². The molecule has 0 saturated carbocycles. The molecule has 2 heteroatoms. The molecule has 0 atom stereocenters. The van der Waals surface area contributed by atoms with Crippen molar-refractivity contribution >= 4 is 0 Å². The van der Waals surface area contributed by atoms with Crippen LogP contribution in [0.1, 0.15) is 11.3 Å². The molecule has 0 aliphatic carbocycles. The van der Waals surface area contributed by atoms with Gasteiger partial charge in [0.25, 0.3) is 0 Å². The molecule has 100 valence electrons. The fraction of sp³-hybridized carbons (Fsp3) is 0.111. The summed E-state index contributed by atoms with van der Waals surface area (Å²) in [6.07, 6.45) is 1.70. The summed E-state index contributed by atoms with van der Waals surface area (Å²) < 4.78 is 5.32. The molecular formula is C18H17NO. The number of nitrogens with one attached hydrogen (secondary N) is 1. The second-order valence-corrected chi connectivity index (χ2v) is 4.71. The number of benzene rings is 2. The first kappa shape index (κ1) is 12.7. The van der Waals surface area contributed by atoms with Crippen LogP contribution in [0.25, 0.3) is 11.1 Å². The molecule has 3 aromatic rings. The summed E-state index contributed by atoms with van der Waals surface area (Å²) in [6.45, 7) is 1.57. The van der Waals surface area contributed by atoms with Gasteiger partial charge in [-0.05, 0) is 28.8 Å². The Morgan fingerprint density at radius 1 is 0.750 bits per heavy atom. The first-order valence-electron chi connectivity index (χ1n) is 6.80. The molecule has 0 amide bonds. The van der Waals surface area contributed by atoms with Crippen LogP contribution in [-0.2, 0) is 13.1 Å². The molecule has 0 fully saturated rings. The monoisotopic (exact) mass is 263 g/mol. The molecule has 0 radical (unpaired) electrons. The molecule has 20 heavy (non-hydrogen) atoms. The van der Waals surface area contributed by atoms with Gasteiger partial charge in [-0.15, -0.1) is 0 Å². The van der Waals surface area contributed by atoms with Crippen molar-refractivity contribution in [3.63, 3.8) is 0 Å². The maximum absolute atomic E-state index is 5.32. The van der Waals surface area contributed by atoms with Gasteiger partial charge in [0.05, 0.1) is 12.8 Å². The summed E-state index contributed by atoms with van der Waals surface area (Å²) in [7, 11) is 0. The molecule has 0 spiro atoms. The molecule has 2 nitrogen and oxygen atoms in total. The van der Waals surface area contributed by atoms with E-state index in [1.807, 2.05) is 18.2 Å². The molecule has 1 N–H and O–H groups in total. The van der Waals surface area contributed by atoms with Gasteiger partial charge in [-0.1, -0.05) is 54.6 Å². The van der Waals surface area contributed by atoms with Crippen LogP contribution in [0.5, 0.6) is 0 Å². The Morgan fingerprint density at radius 3 is 2.35 bits per heavy atom. The minimum absolute atomic E-state index is 0.746. The third-order valence-corrected chi connectivity index (χ3v) is 3.30. The average Bonchev–Trinajstić information content (AvgIpc) is 3.02. The van der Waals surface area contributed by atoms with E-state index in [1.165, 1.54) is 16.7 Å². The zero-order valence-electron chi connectivity index (χ0n) is 11.3. The topological polar surface area (TPSA) is 25.2 Å². The van der Waals surface area contributed by atoms with Crippen molar-refractivity contribution in [2.75, 3.05) is 0 Å². The van der Waals surface area contributed by atoms with Crippen LogP contribution in [-0.4, -0.2) is 0 Å². The highest BCUT2D eigenvalue weighted by Crippen LogP contribution is 2.23. The predicted molar refractivity (Wildman–Crippen MR) is 81.1 cm³/mol. The lowest BCUT2D eigenvalue weighted by molar-refractivity contribution is 0.483. The highest BCUT2D eigenvalue weighted by atomic mass is 16.3. The SMILES string of the molecule is c1ccc(-c2ccccc2CNCc2ccco2)cc1. The minimum Gasteiger partial charge on any atom is -0.468 e. The van der Waals surface area contributed by atoms with Gasteiger partial charge in [-0.25, -0.2) is 0 Å². The van der Waals surface area contributed by atoms with Gasteiger partial charge >= 0.3 is 0 Å². The summed E-state index contributed by atoms with van der Waals surface area (Å²) >= 11 is 0. The lowest BCUT2D eigenvalue weighted by Gasteiger charge is -2.10. The van der Waals surface area contributed by atoms with E-state index in [1.54, 1.807) is 6.26 Å². The van der Waals surface area contributed by atoms with Crippen LogP contribution < -0.4 is 5.32 Å². The molecule has 2 aromatic carbocycles. The number of hydrogen-bond donors (Lipinski definition) is 1. The molecule has 0 saturated heterocycles. The zero-order valence-corrected chi connectivity index (χ0v) is 11.3. The molecule has 3 rings (SSSR count). The van der Waals surface area contributed by atoms with Crippen molar-refractivity contribution in [3.8, 4) is 11.1 Å². The standard InChI is InChI=1S/C18H17NO/c1-2-7-15(8-3-1)18-11-5-4-9-16(18)13-19-14-17-10-6-12-20-17/h1-12,19H,13-14H2. The average molecular weight is 263 g/mol. The molecule has 1 aromatic heterocycles. The van der Waals surface area contributed by atoms with Crippen LogP contribution in [0.3, 0.4) is 0 Å². The van der Waals surface area contributed by atoms with E-state index in [-0.39, 0.29) is 0 Å². The quantitative estimate of drug-likeness (QED) is 0.745. The third-order valence-electron chi connectivity index (χ3n) is 3.30. The molecule has 1 heterocycles. The summed E-state index contributed by atoms with van der Waals surface area (Å²) in [6, 6.07) is 22.9. The van der Waals surface area contributed by atoms with Crippen LogP contribution in [0, 0.1) is 0 Å². The van der Waals surface area contributed by atoms with E-state index in [0.29, 0.717) is 0 Å². The van der Waals surface area contributed by atoms with E-state index >= 15 is 0 Å². The van der Waals surface area contributed by atoms with E-state index in [4.69, 9.17) is 4.42 Å². The zero-order chi connectivity index (χ0) is 13.6. The van der Waals surface area contributed by atoms with Gasteiger partial charge in [0.1, 0.15) is 5.76 Å². The maximum atomic E-state index is 5.32. The Hall–Kier alpha value is -2.32.